The zero-order valence-corrected chi connectivity index (χ0v) is 14.0. The summed E-state index contributed by atoms with van der Waals surface area (Å²) in [6.07, 6.45) is 0.802. The molecule has 0 aliphatic heterocycles. The van der Waals surface area contributed by atoms with Crippen molar-refractivity contribution in [2.45, 2.75) is 13.3 Å². The van der Waals surface area contributed by atoms with Crippen LogP contribution >= 0.6 is 31.9 Å². The van der Waals surface area contributed by atoms with Gasteiger partial charge in [0, 0.05) is 22.5 Å². The van der Waals surface area contributed by atoms with E-state index in [0.29, 0.717) is 16.6 Å². The lowest BCUT2D eigenvalue weighted by molar-refractivity contribution is -0.121. The number of likely N-dealkylation sites (N-methyl/N-ethyl adjacent to an activating group) is 1. The summed E-state index contributed by atoms with van der Waals surface area (Å²) in [6.45, 7) is 2.60. The van der Waals surface area contributed by atoms with Crippen molar-refractivity contribution in [2.24, 2.45) is 0 Å². The Morgan fingerprint density at radius 1 is 1.32 bits per heavy atom. The molecule has 19 heavy (non-hydrogen) atoms. The Labute approximate surface area is 129 Å². The summed E-state index contributed by atoms with van der Waals surface area (Å²) >= 11 is 6.72. The van der Waals surface area contributed by atoms with Gasteiger partial charge < -0.3 is 10.2 Å². The van der Waals surface area contributed by atoms with E-state index in [9.17, 15) is 9.59 Å². The van der Waals surface area contributed by atoms with Gasteiger partial charge in [0.25, 0.3) is 5.91 Å². The molecule has 0 saturated heterocycles. The summed E-state index contributed by atoms with van der Waals surface area (Å²) in [6, 6.07) is 5.36. The van der Waals surface area contributed by atoms with Crippen LogP contribution in [0.25, 0.3) is 0 Å². The molecule has 0 unspecified atom stereocenters. The van der Waals surface area contributed by atoms with E-state index in [4.69, 9.17) is 0 Å². The largest absolute Gasteiger partial charge is 0.358 e. The minimum absolute atomic E-state index is 0.0751. The Morgan fingerprint density at radius 2 is 2.00 bits per heavy atom. The average molecular weight is 392 g/mol. The lowest BCUT2D eigenvalue weighted by atomic mass is 10.2. The van der Waals surface area contributed by atoms with E-state index in [2.05, 4.69) is 37.2 Å². The third kappa shape index (κ3) is 4.62. The number of rotatable bonds is 5. The molecule has 1 aromatic carbocycles. The summed E-state index contributed by atoms with van der Waals surface area (Å²) in [5.74, 6) is -0.320. The fraction of sp³-hybridized carbons (Fsp3) is 0.385. The monoisotopic (exact) mass is 390 g/mol. The summed E-state index contributed by atoms with van der Waals surface area (Å²) in [5.41, 5.74) is 0.556. The number of nitrogens with zero attached hydrogens (tertiary/aromatic N) is 1. The van der Waals surface area contributed by atoms with E-state index in [0.717, 1.165) is 10.9 Å². The Kier molecular flexibility index (Phi) is 6.51. The van der Waals surface area contributed by atoms with E-state index in [-0.39, 0.29) is 18.4 Å². The van der Waals surface area contributed by atoms with Crippen LogP contribution in [0.1, 0.15) is 23.7 Å². The number of hydrogen-bond acceptors (Lipinski definition) is 2. The zero-order valence-electron chi connectivity index (χ0n) is 10.9. The lowest BCUT2D eigenvalue weighted by Gasteiger charge is -2.21. The van der Waals surface area contributed by atoms with Crippen molar-refractivity contribution in [3.63, 3.8) is 0 Å². The molecule has 2 amide bonds. The quantitative estimate of drug-likeness (QED) is 0.838. The molecule has 0 aliphatic carbocycles. The molecule has 0 saturated carbocycles. The van der Waals surface area contributed by atoms with Gasteiger partial charge in [0.15, 0.2) is 0 Å². The maximum absolute atomic E-state index is 12.4. The highest BCUT2D eigenvalue weighted by Gasteiger charge is 2.19. The minimum atomic E-state index is -0.171. The van der Waals surface area contributed by atoms with E-state index in [1.54, 1.807) is 18.0 Å². The smallest absolute Gasteiger partial charge is 0.255 e. The van der Waals surface area contributed by atoms with Gasteiger partial charge in [-0.1, -0.05) is 22.9 Å². The van der Waals surface area contributed by atoms with E-state index < -0.39 is 0 Å². The summed E-state index contributed by atoms with van der Waals surface area (Å²) < 4.78 is 1.61. The predicted octanol–water partition coefficient (Wildman–Crippen LogP) is 2.81. The second kappa shape index (κ2) is 7.65. The van der Waals surface area contributed by atoms with Crippen LogP contribution in [0.4, 0.5) is 0 Å². The first-order valence-corrected chi connectivity index (χ1v) is 7.53. The number of carbonyl (C=O) groups is 2. The van der Waals surface area contributed by atoms with Crippen LogP contribution in [0.3, 0.4) is 0 Å². The van der Waals surface area contributed by atoms with Crippen LogP contribution in [0, 0.1) is 0 Å². The standard InChI is InChI=1S/C13H16Br2N2O2/c1-3-6-17(8-12(18)16-2)13(19)10-5-4-9(14)7-11(10)15/h4-5,7H,3,6,8H2,1-2H3,(H,16,18). The van der Waals surface area contributed by atoms with Gasteiger partial charge in [-0.05, 0) is 40.5 Å². The third-order valence-corrected chi connectivity index (χ3v) is 3.70. The molecule has 0 fully saturated rings. The highest BCUT2D eigenvalue weighted by atomic mass is 79.9. The van der Waals surface area contributed by atoms with E-state index in [1.807, 2.05) is 19.1 Å². The highest BCUT2D eigenvalue weighted by Crippen LogP contribution is 2.23. The number of halogens is 2. The maximum atomic E-state index is 12.4. The average Bonchev–Trinajstić information content (AvgIpc) is 2.37. The Balaban J connectivity index is 2.95. The zero-order chi connectivity index (χ0) is 14.4. The molecule has 0 radical (unpaired) electrons. The third-order valence-electron chi connectivity index (χ3n) is 2.56. The van der Waals surface area contributed by atoms with E-state index in [1.165, 1.54) is 0 Å². The molecule has 0 atom stereocenters. The predicted molar refractivity (Wildman–Crippen MR) is 82.1 cm³/mol. The molecule has 0 heterocycles. The van der Waals surface area contributed by atoms with Crippen molar-refractivity contribution in [3.05, 3.63) is 32.7 Å². The van der Waals surface area contributed by atoms with Crippen LogP contribution in [0.5, 0.6) is 0 Å². The second-order valence-corrected chi connectivity index (χ2v) is 5.79. The Morgan fingerprint density at radius 3 is 2.53 bits per heavy atom. The fourth-order valence-electron chi connectivity index (χ4n) is 1.61. The molecule has 0 spiro atoms. The Hall–Kier alpha value is -0.880. The number of carbonyl (C=O) groups excluding carboxylic acids is 2. The van der Waals surface area contributed by atoms with Gasteiger partial charge in [-0.3, -0.25) is 9.59 Å². The van der Waals surface area contributed by atoms with Crippen LogP contribution < -0.4 is 5.32 Å². The molecule has 0 aliphatic rings. The minimum Gasteiger partial charge on any atom is -0.358 e. The van der Waals surface area contributed by atoms with Crippen LogP contribution in [0.15, 0.2) is 27.1 Å². The summed E-state index contributed by atoms with van der Waals surface area (Å²) in [5, 5.41) is 2.53. The van der Waals surface area contributed by atoms with Crippen molar-refractivity contribution in [2.75, 3.05) is 20.1 Å². The van der Waals surface area contributed by atoms with Crippen molar-refractivity contribution in [1.82, 2.24) is 10.2 Å². The number of benzene rings is 1. The van der Waals surface area contributed by atoms with Crippen LogP contribution in [0.2, 0.25) is 0 Å². The normalized spacial score (nSPS) is 10.1. The molecule has 0 aromatic heterocycles. The van der Waals surface area contributed by atoms with Crippen molar-refractivity contribution in [1.29, 1.82) is 0 Å². The van der Waals surface area contributed by atoms with Gasteiger partial charge in [-0.15, -0.1) is 0 Å². The molecule has 1 aromatic rings. The molecular weight excluding hydrogens is 376 g/mol. The van der Waals surface area contributed by atoms with E-state index >= 15 is 0 Å². The van der Waals surface area contributed by atoms with Crippen LogP contribution in [-0.2, 0) is 4.79 Å². The maximum Gasteiger partial charge on any atom is 0.255 e. The first-order valence-electron chi connectivity index (χ1n) is 5.94. The molecule has 1 N–H and O–H groups in total. The fourth-order valence-corrected chi connectivity index (χ4v) is 2.82. The molecular formula is C13H16Br2N2O2. The molecule has 0 bridgehead atoms. The summed E-state index contributed by atoms with van der Waals surface area (Å²) in [4.78, 5) is 25.4. The second-order valence-electron chi connectivity index (χ2n) is 4.02. The first kappa shape index (κ1) is 16.2. The van der Waals surface area contributed by atoms with Gasteiger partial charge in [0.05, 0.1) is 12.1 Å². The number of nitrogens with one attached hydrogen (secondary N) is 1. The number of amides is 2. The molecule has 1 rings (SSSR count). The highest BCUT2D eigenvalue weighted by molar-refractivity contribution is 9.11. The summed E-state index contributed by atoms with van der Waals surface area (Å²) in [7, 11) is 1.56. The Bertz CT molecular complexity index is 478. The number of hydrogen-bond donors (Lipinski definition) is 1. The SMILES string of the molecule is CCCN(CC(=O)NC)C(=O)c1ccc(Br)cc1Br. The molecule has 4 nitrogen and oxygen atoms in total. The van der Waals surface area contributed by atoms with Gasteiger partial charge in [-0.2, -0.15) is 0 Å². The van der Waals surface area contributed by atoms with Gasteiger partial charge >= 0.3 is 0 Å². The first-order chi connectivity index (χ1) is 8.99. The lowest BCUT2D eigenvalue weighted by Crippen LogP contribution is -2.40. The molecule has 6 heteroatoms. The van der Waals surface area contributed by atoms with Crippen molar-refractivity contribution < 1.29 is 9.59 Å². The topological polar surface area (TPSA) is 49.4 Å². The molecule has 104 valence electrons. The van der Waals surface area contributed by atoms with Gasteiger partial charge in [-0.25, -0.2) is 0 Å². The van der Waals surface area contributed by atoms with Crippen LogP contribution in [-0.4, -0.2) is 36.9 Å². The van der Waals surface area contributed by atoms with Crippen molar-refractivity contribution >= 4 is 43.7 Å². The van der Waals surface area contributed by atoms with Gasteiger partial charge in [0.2, 0.25) is 5.91 Å². The van der Waals surface area contributed by atoms with Gasteiger partial charge in [0.1, 0.15) is 0 Å². The van der Waals surface area contributed by atoms with Crippen molar-refractivity contribution in [3.8, 4) is 0 Å².